The molecule has 6 nitrogen and oxygen atoms in total. The van der Waals surface area contributed by atoms with Gasteiger partial charge >= 0.3 is 0 Å². The van der Waals surface area contributed by atoms with Crippen molar-refractivity contribution >= 4 is 28.8 Å². The first kappa shape index (κ1) is 17.1. The summed E-state index contributed by atoms with van der Waals surface area (Å²) in [4.78, 5) is 5.26. The zero-order valence-electron chi connectivity index (χ0n) is 13.3. The average Bonchev–Trinajstić information content (AvgIpc) is 3.19. The fourth-order valence-corrected chi connectivity index (χ4v) is 4.28. The van der Waals surface area contributed by atoms with Gasteiger partial charge in [-0.3, -0.25) is 5.32 Å². The van der Waals surface area contributed by atoms with E-state index in [0.717, 1.165) is 4.88 Å². The number of thiophene rings is 1. The number of aromatic nitrogens is 1. The fourth-order valence-electron chi connectivity index (χ4n) is 3.23. The van der Waals surface area contributed by atoms with Crippen molar-refractivity contribution in [3.8, 4) is 10.6 Å². The van der Waals surface area contributed by atoms with Gasteiger partial charge in [-0.05, 0) is 18.6 Å². The van der Waals surface area contributed by atoms with E-state index in [-0.39, 0.29) is 24.4 Å². The van der Waals surface area contributed by atoms with Gasteiger partial charge in [0.05, 0.1) is 21.5 Å². The predicted octanol–water partition coefficient (Wildman–Crippen LogP) is 2.22. The number of hydrogen-bond acceptors (Lipinski definition) is 7. The number of fused-ring (bicyclic) bond motifs is 1. The summed E-state index contributed by atoms with van der Waals surface area (Å²) >= 11 is 7.38. The molecule has 1 unspecified atom stereocenters. The van der Waals surface area contributed by atoms with Crippen molar-refractivity contribution in [3.05, 3.63) is 33.4 Å². The molecule has 0 radical (unpaired) electrons. The number of pyridine rings is 1. The normalized spacial score (nSPS) is 25.8. The van der Waals surface area contributed by atoms with Gasteiger partial charge in [0.25, 0.3) is 0 Å². The van der Waals surface area contributed by atoms with Gasteiger partial charge in [-0.1, -0.05) is 11.6 Å². The number of ether oxygens (including phenoxy) is 1. The highest BCUT2D eigenvalue weighted by atomic mass is 35.5. The molecule has 0 aromatic carbocycles. The van der Waals surface area contributed by atoms with Gasteiger partial charge in [-0.2, -0.15) is 0 Å². The van der Waals surface area contributed by atoms with E-state index in [9.17, 15) is 9.50 Å². The van der Waals surface area contributed by atoms with E-state index in [1.54, 1.807) is 6.07 Å². The number of nitrogens with one attached hydrogen (secondary N) is 2. The molecule has 3 atom stereocenters. The van der Waals surface area contributed by atoms with E-state index in [1.165, 1.54) is 11.3 Å². The topological polar surface area (TPSA) is 92.4 Å². The molecule has 9 heteroatoms. The lowest BCUT2D eigenvalue weighted by Crippen LogP contribution is -2.47. The van der Waals surface area contributed by atoms with Gasteiger partial charge in [0.2, 0.25) is 0 Å². The Morgan fingerprint density at radius 1 is 1.48 bits per heavy atom. The second kappa shape index (κ2) is 6.79. The highest BCUT2D eigenvalue weighted by Crippen LogP contribution is 2.40. The molecule has 0 bridgehead atoms. The Kier molecular flexibility index (Phi) is 4.65. The Morgan fingerprint density at radius 2 is 2.32 bits per heavy atom. The van der Waals surface area contributed by atoms with Crippen LogP contribution in [0.3, 0.4) is 0 Å². The minimum atomic E-state index is -0.952. The molecule has 25 heavy (non-hydrogen) atoms. The third-order valence-corrected chi connectivity index (χ3v) is 5.79. The average molecular weight is 385 g/mol. The SMILES string of the molecule is N[C@H]1COCC[C@H]1Nc1nc(-c2ccc(Cl)s2)c2c(c1F)CNC2O. The minimum Gasteiger partial charge on any atom is -0.380 e. The summed E-state index contributed by atoms with van der Waals surface area (Å²) in [5, 5.41) is 16.2. The van der Waals surface area contributed by atoms with Gasteiger partial charge in [0.1, 0.15) is 6.23 Å². The van der Waals surface area contributed by atoms with Gasteiger partial charge in [0, 0.05) is 36.4 Å². The quantitative estimate of drug-likeness (QED) is 0.648. The van der Waals surface area contributed by atoms with Crippen molar-refractivity contribution in [1.82, 2.24) is 10.3 Å². The van der Waals surface area contributed by atoms with Crippen molar-refractivity contribution < 1.29 is 14.2 Å². The van der Waals surface area contributed by atoms with E-state index >= 15 is 0 Å². The monoisotopic (exact) mass is 384 g/mol. The second-order valence-corrected chi connectivity index (χ2v) is 7.90. The summed E-state index contributed by atoms with van der Waals surface area (Å²) in [5.41, 5.74) is 7.49. The zero-order valence-corrected chi connectivity index (χ0v) is 14.8. The maximum absolute atomic E-state index is 15.0. The lowest BCUT2D eigenvalue weighted by molar-refractivity contribution is 0.0751. The molecule has 1 saturated heterocycles. The molecule has 2 aromatic rings. The van der Waals surface area contributed by atoms with E-state index in [1.807, 2.05) is 6.07 Å². The van der Waals surface area contributed by atoms with Crippen LogP contribution >= 0.6 is 22.9 Å². The van der Waals surface area contributed by atoms with Crippen LogP contribution < -0.4 is 16.4 Å². The molecule has 0 spiro atoms. The smallest absolute Gasteiger partial charge is 0.170 e. The maximum atomic E-state index is 15.0. The Morgan fingerprint density at radius 3 is 3.04 bits per heavy atom. The molecule has 4 heterocycles. The first-order chi connectivity index (χ1) is 12.0. The van der Waals surface area contributed by atoms with Gasteiger partial charge in [-0.15, -0.1) is 11.3 Å². The summed E-state index contributed by atoms with van der Waals surface area (Å²) < 4.78 is 20.9. The standard InChI is InChI=1S/C16H18ClFN4O2S/c17-11-2-1-10(25-11)14-12-7(5-20-16(12)23)13(18)15(22-14)21-9-3-4-24-6-8(9)19/h1-2,8-9,16,20,23H,3-6,19H2,(H,21,22)/t8-,9+,16?/m0/s1. The van der Waals surface area contributed by atoms with Crippen molar-refractivity contribution in [3.63, 3.8) is 0 Å². The van der Waals surface area contributed by atoms with E-state index in [4.69, 9.17) is 22.1 Å². The first-order valence-corrected chi connectivity index (χ1v) is 9.23. The number of halogens is 2. The summed E-state index contributed by atoms with van der Waals surface area (Å²) in [6.07, 6.45) is -0.271. The molecule has 134 valence electrons. The summed E-state index contributed by atoms with van der Waals surface area (Å²) in [7, 11) is 0. The van der Waals surface area contributed by atoms with Crippen LogP contribution in [-0.4, -0.2) is 35.4 Å². The minimum absolute atomic E-state index is 0.118. The number of hydrogen-bond donors (Lipinski definition) is 4. The van der Waals surface area contributed by atoms with E-state index < -0.39 is 12.0 Å². The number of aliphatic hydroxyl groups excluding tert-OH is 1. The summed E-state index contributed by atoms with van der Waals surface area (Å²) in [6, 6.07) is 3.23. The first-order valence-electron chi connectivity index (χ1n) is 8.04. The van der Waals surface area contributed by atoms with Crippen LogP contribution in [0.15, 0.2) is 12.1 Å². The zero-order chi connectivity index (χ0) is 17.6. The van der Waals surface area contributed by atoms with Crippen LogP contribution in [0.2, 0.25) is 4.34 Å². The molecule has 0 amide bonds. The number of nitrogens with zero attached hydrogens (tertiary/aromatic N) is 1. The van der Waals surface area contributed by atoms with Crippen molar-refractivity contribution in [2.45, 2.75) is 31.3 Å². The lowest BCUT2D eigenvalue weighted by Gasteiger charge is -2.30. The maximum Gasteiger partial charge on any atom is 0.170 e. The molecule has 2 aromatic heterocycles. The van der Waals surface area contributed by atoms with E-state index in [2.05, 4.69) is 15.6 Å². The number of rotatable bonds is 3. The lowest BCUT2D eigenvalue weighted by atomic mass is 10.0. The Hall–Kier alpha value is -1.29. The molecule has 4 rings (SSSR count). The van der Waals surface area contributed by atoms with Crippen LogP contribution in [0.25, 0.3) is 10.6 Å². The fraction of sp³-hybridized carbons (Fsp3) is 0.438. The largest absolute Gasteiger partial charge is 0.380 e. The molecular formula is C16H18ClFN4O2S. The molecule has 2 aliphatic rings. The second-order valence-electron chi connectivity index (χ2n) is 6.18. The van der Waals surface area contributed by atoms with E-state index in [0.29, 0.717) is 40.8 Å². The Labute approximate surface area is 153 Å². The molecule has 5 N–H and O–H groups in total. The van der Waals surface area contributed by atoms with Crippen LogP contribution in [-0.2, 0) is 11.3 Å². The van der Waals surface area contributed by atoms with Crippen LogP contribution in [0, 0.1) is 5.82 Å². The van der Waals surface area contributed by atoms with Crippen LogP contribution in [0.4, 0.5) is 10.2 Å². The van der Waals surface area contributed by atoms with Gasteiger partial charge in [0.15, 0.2) is 11.6 Å². The molecule has 2 aliphatic heterocycles. The van der Waals surface area contributed by atoms with Crippen molar-refractivity contribution in [1.29, 1.82) is 0 Å². The van der Waals surface area contributed by atoms with Gasteiger partial charge < -0.3 is 20.9 Å². The summed E-state index contributed by atoms with van der Waals surface area (Å²) in [6.45, 7) is 1.24. The molecule has 0 saturated carbocycles. The van der Waals surface area contributed by atoms with Crippen molar-refractivity contribution in [2.75, 3.05) is 18.5 Å². The predicted molar refractivity (Wildman–Crippen MR) is 95.1 cm³/mol. The van der Waals surface area contributed by atoms with Gasteiger partial charge in [-0.25, -0.2) is 9.37 Å². The van der Waals surface area contributed by atoms with Crippen molar-refractivity contribution in [2.24, 2.45) is 5.73 Å². The number of aliphatic hydroxyl groups is 1. The Bertz CT molecular complexity index is 803. The third kappa shape index (κ3) is 3.14. The molecule has 1 fully saturated rings. The Balaban J connectivity index is 1.77. The highest BCUT2D eigenvalue weighted by Gasteiger charge is 2.32. The molecule has 0 aliphatic carbocycles. The highest BCUT2D eigenvalue weighted by molar-refractivity contribution is 7.19. The summed E-state index contributed by atoms with van der Waals surface area (Å²) in [5.74, 6) is -0.305. The number of nitrogens with two attached hydrogens (primary N) is 1. The molecular weight excluding hydrogens is 367 g/mol. The van der Waals surface area contributed by atoms with Crippen LogP contribution in [0.1, 0.15) is 23.8 Å². The van der Waals surface area contributed by atoms with Crippen LogP contribution in [0.5, 0.6) is 0 Å². The third-order valence-electron chi connectivity index (χ3n) is 4.55. The number of anilines is 1.